The van der Waals surface area contributed by atoms with Gasteiger partial charge in [0.05, 0.1) is 11.4 Å². The molecule has 1 heterocycles. The normalized spacial score (nSPS) is 13.1. The van der Waals surface area contributed by atoms with E-state index < -0.39 is 10.0 Å². The maximum Gasteiger partial charge on any atom is 0.232 e. The minimum Gasteiger partial charge on any atom is -0.284 e. The molecule has 2 aromatic rings. The van der Waals surface area contributed by atoms with Crippen molar-refractivity contribution in [2.75, 3.05) is 10.5 Å². The van der Waals surface area contributed by atoms with Crippen LogP contribution in [-0.2, 0) is 10.0 Å². The number of nitrogens with zero attached hydrogens (tertiary/aromatic N) is 3. The highest BCUT2D eigenvalue weighted by Gasteiger charge is 2.14. The lowest BCUT2D eigenvalue weighted by Crippen LogP contribution is -2.21. The maximum atomic E-state index is 11.9. The summed E-state index contributed by atoms with van der Waals surface area (Å²) in [5, 5.41) is 4.01. The van der Waals surface area contributed by atoms with E-state index in [2.05, 4.69) is 14.8 Å². The quantitative estimate of drug-likeness (QED) is 0.884. The second kappa shape index (κ2) is 6.04. The summed E-state index contributed by atoms with van der Waals surface area (Å²) in [7, 11) is -3.30. The number of hydrogen-bond acceptors (Lipinski definition) is 4. The van der Waals surface area contributed by atoms with Crippen molar-refractivity contribution in [3.05, 3.63) is 36.9 Å². The van der Waals surface area contributed by atoms with Crippen molar-refractivity contribution in [3.8, 4) is 5.69 Å². The Hall–Kier alpha value is -1.89. The molecule has 0 unspecified atom stereocenters. The predicted octanol–water partition coefficient (Wildman–Crippen LogP) is 2.06. The van der Waals surface area contributed by atoms with Crippen LogP contribution >= 0.6 is 0 Å². The van der Waals surface area contributed by atoms with Crippen LogP contribution in [-0.4, -0.2) is 28.9 Å². The lowest BCUT2D eigenvalue weighted by atomic mass is 10.2. The summed E-state index contributed by atoms with van der Waals surface area (Å²) >= 11 is 0. The second-order valence-corrected chi connectivity index (χ2v) is 6.55. The van der Waals surface area contributed by atoms with Crippen LogP contribution in [0.4, 0.5) is 5.69 Å². The SMILES string of the molecule is CC[C@H](C)CS(=O)(=O)Nc1ccc(-n2cncn2)cc1. The lowest BCUT2D eigenvalue weighted by Gasteiger charge is -2.12. The van der Waals surface area contributed by atoms with E-state index in [-0.39, 0.29) is 11.7 Å². The minimum atomic E-state index is -3.30. The van der Waals surface area contributed by atoms with E-state index in [1.165, 1.54) is 6.33 Å². The molecule has 0 aliphatic heterocycles. The number of benzene rings is 1. The van der Waals surface area contributed by atoms with Gasteiger partial charge in [-0.25, -0.2) is 18.1 Å². The number of anilines is 1. The van der Waals surface area contributed by atoms with Gasteiger partial charge < -0.3 is 0 Å². The van der Waals surface area contributed by atoms with E-state index in [0.717, 1.165) is 12.1 Å². The topological polar surface area (TPSA) is 76.9 Å². The standard InChI is InChI=1S/C13H18N4O2S/c1-3-11(2)8-20(18,19)16-12-4-6-13(7-5-12)17-10-14-9-15-17/h4-7,9-11,16H,3,8H2,1-2H3/t11-/m0/s1. The van der Waals surface area contributed by atoms with E-state index in [1.807, 2.05) is 13.8 Å². The van der Waals surface area contributed by atoms with Crippen molar-refractivity contribution in [2.24, 2.45) is 5.92 Å². The average molecular weight is 294 g/mol. The maximum absolute atomic E-state index is 11.9. The minimum absolute atomic E-state index is 0.133. The first kappa shape index (κ1) is 14.5. The van der Waals surface area contributed by atoms with Crippen molar-refractivity contribution in [1.29, 1.82) is 0 Å². The molecule has 1 N–H and O–H groups in total. The third kappa shape index (κ3) is 3.80. The van der Waals surface area contributed by atoms with Gasteiger partial charge in [0, 0.05) is 5.69 Å². The number of nitrogens with one attached hydrogen (secondary N) is 1. The van der Waals surface area contributed by atoms with Gasteiger partial charge in [-0.3, -0.25) is 4.72 Å². The van der Waals surface area contributed by atoms with Gasteiger partial charge in [-0.1, -0.05) is 20.3 Å². The molecule has 0 saturated heterocycles. The first-order valence-electron chi connectivity index (χ1n) is 6.45. The fourth-order valence-corrected chi connectivity index (χ4v) is 3.30. The van der Waals surface area contributed by atoms with E-state index in [1.54, 1.807) is 35.3 Å². The average Bonchev–Trinajstić information content (AvgIpc) is 2.92. The first-order chi connectivity index (χ1) is 9.50. The predicted molar refractivity (Wildman–Crippen MR) is 78.2 cm³/mol. The summed E-state index contributed by atoms with van der Waals surface area (Å²) in [6, 6.07) is 7.00. The van der Waals surface area contributed by atoms with Crippen molar-refractivity contribution < 1.29 is 8.42 Å². The Morgan fingerprint density at radius 2 is 2.00 bits per heavy atom. The van der Waals surface area contributed by atoms with E-state index in [0.29, 0.717) is 5.69 Å². The van der Waals surface area contributed by atoms with Gasteiger partial charge in [-0.15, -0.1) is 0 Å². The Kier molecular flexibility index (Phi) is 4.39. The van der Waals surface area contributed by atoms with Gasteiger partial charge in [0.2, 0.25) is 10.0 Å². The van der Waals surface area contributed by atoms with Crippen LogP contribution in [0.3, 0.4) is 0 Å². The van der Waals surface area contributed by atoms with Crippen LogP contribution in [0.1, 0.15) is 20.3 Å². The van der Waals surface area contributed by atoms with Crippen LogP contribution in [0.25, 0.3) is 5.69 Å². The Balaban J connectivity index is 2.07. The molecule has 0 radical (unpaired) electrons. The third-order valence-electron chi connectivity index (χ3n) is 3.02. The summed E-state index contributed by atoms with van der Waals surface area (Å²) in [6.07, 6.45) is 3.87. The Labute approximate surface area is 118 Å². The van der Waals surface area contributed by atoms with Crippen LogP contribution in [0.2, 0.25) is 0 Å². The highest BCUT2D eigenvalue weighted by Crippen LogP contribution is 2.15. The third-order valence-corrected chi connectivity index (χ3v) is 4.58. The molecule has 0 spiro atoms. The highest BCUT2D eigenvalue weighted by molar-refractivity contribution is 7.92. The molecule has 1 atom stereocenters. The molecule has 0 aliphatic rings. The van der Waals surface area contributed by atoms with Gasteiger partial charge in [0.15, 0.2) is 0 Å². The molecule has 7 heteroatoms. The zero-order chi connectivity index (χ0) is 14.6. The lowest BCUT2D eigenvalue weighted by molar-refractivity contribution is 0.568. The summed E-state index contributed by atoms with van der Waals surface area (Å²) in [5.74, 6) is 0.274. The summed E-state index contributed by atoms with van der Waals surface area (Å²) in [4.78, 5) is 3.86. The molecular weight excluding hydrogens is 276 g/mol. The second-order valence-electron chi connectivity index (χ2n) is 4.78. The summed E-state index contributed by atoms with van der Waals surface area (Å²) < 4.78 is 28.1. The molecule has 0 fully saturated rings. The highest BCUT2D eigenvalue weighted by atomic mass is 32.2. The molecule has 2 rings (SSSR count). The fraction of sp³-hybridized carbons (Fsp3) is 0.385. The van der Waals surface area contributed by atoms with Crippen molar-refractivity contribution >= 4 is 15.7 Å². The number of hydrogen-bond donors (Lipinski definition) is 1. The monoisotopic (exact) mass is 294 g/mol. The summed E-state index contributed by atoms with van der Waals surface area (Å²) in [6.45, 7) is 3.90. The molecule has 0 saturated carbocycles. The Bertz CT molecular complexity index is 636. The smallest absolute Gasteiger partial charge is 0.232 e. The number of sulfonamides is 1. The molecular formula is C13H18N4O2S. The van der Waals surface area contributed by atoms with Crippen LogP contribution in [0.5, 0.6) is 0 Å². The molecule has 0 bridgehead atoms. The van der Waals surface area contributed by atoms with E-state index >= 15 is 0 Å². The number of aromatic nitrogens is 3. The van der Waals surface area contributed by atoms with E-state index in [9.17, 15) is 8.42 Å². The summed E-state index contributed by atoms with van der Waals surface area (Å²) in [5.41, 5.74) is 1.38. The fourth-order valence-electron chi connectivity index (χ4n) is 1.74. The zero-order valence-corrected chi connectivity index (χ0v) is 12.3. The van der Waals surface area contributed by atoms with E-state index in [4.69, 9.17) is 0 Å². The zero-order valence-electron chi connectivity index (χ0n) is 11.5. The van der Waals surface area contributed by atoms with Gasteiger partial charge in [0.1, 0.15) is 12.7 Å². The van der Waals surface area contributed by atoms with Gasteiger partial charge in [-0.05, 0) is 30.2 Å². The van der Waals surface area contributed by atoms with Crippen molar-refractivity contribution in [1.82, 2.24) is 14.8 Å². The molecule has 108 valence electrons. The Morgan fingerprint density at radius 1 is 1.30 bits per heavy atom. The largest absolute Gasteiger partial charge is 0.284 e. The molecule has 20 heavy (non-hydrogen) atoms. The molecule has 0 amide bonds. The van der Waals surface area contributed by atoms with Crippen LogP contribution in [0, 0.1) is 5.92 Å². The van der Waals surface area contributed by atoms with Crippen LogP contribution < -0.4 is 4.72 Å². The van der Waals surface area contributed by atoms with Gasteiger partial charge in [-0.2, -0.15) is 5.10 Å². The van der Waals surface area contributed by atoms with Crippen molar-refractivity contribution in [2.45, 2.75) is 20.3 Å². The Morgan fingerprint density at radius 3 is 2.55 bits per heavy atom. The van der Waals surface area contributed by atoms with Crippen molar-refractivity contribution in [3.63, 3.8) is 0 Å². The van der Waals surface area contributed by atoms with Gasteiger partial charge in [0.25, 0.3) is 0 Å². The first-order valence-corrected chi connectivity index (χ1v) is 8.11. The molecule has 1 aromatic carbocycles. The van der Waals surface area contributed by atoms with Gasteiger partial charge >= 0.3 is 0 Å². The molecule has 6 nitrogen and oxygen atoms in total. The van der Waals surface area contributed by atoms with Crippen LogP contribution in [0.15, 0.2) is 36.9 Å². The number of rotatable bonds is 6. The molecule has 1 aromatic heterocycles. The molecule has 0 aliphatic carbocycles.